The van der Waals surface area contributed by atoms with E-state index in [9.17, 15) is 4.79 Å². The zero-order valence-electron chi connectivity index (χ0n) is 10.3. The second-order valence-corrected chi connectivity index (χ2v) is 3.54. The van der Waals surface area contributed by atoms with Gasteiger partial charge in [-0.1, -0.05) is 0 Å². The number of hydrogen-bond donors (Lipinski definition) is 2. The van der Waals surface area contributed by atoms with E-state index in [0.29, 0.717) is 12.2 Å². The van der Waals surface area contributed by atoms with Crippen LogP contribution in [0.2, 0.25) is 0 Å². The average Bonchev–Trinajstić information content (AvgIpc) is 2.36. The van der Waals surface area contributed by atoms with Crippen LogP contribution in [0.15, 0.2) is 18.3 Å². The molecule has 0 saturated heterocycles. The molecule has 0 radical (unpaired) electrons. The van der Waals surface area contributed by atoms with E-state index in [-0.39, 0.29) is 5.97 Å². The van der Waals surface area contributed by atoms with Crippen molar-refractivity contribution >= 4 is 11.8 Å². The monoisotopic (exact) mass is 237 g/mol. The predicted molar refractivity (Wildman–Crippen MR) is 67.2 cm³/mol. The van der Waals surface area contributed by atoms with Gasteiger partial charge in [0.2, 0.25) is 0 Å². The molecule has 1 heterocycles. The third kappa shape index (κ3) is 4.82. The Morgan fingerprint density at radius 2 is 2.24 bits per heavy atom. The first-order chi connectivity index (χ1) is 8.27. The normalized spacial score (nSPS) is 10.0. The van der Waals surface area contributed by atoms with Crippen LogP contribution in [0.5, 0.6) is 0 Å². The summed E-state index contributed by atoms with van der Waals surface area (Å²) in [4.78, 5) is 15.5. The fraction of sp³-hybridized carbons (Fsp3) is 0.500. The van der Waals surface area contributed by atoms with Crippen LogP contribution < -0.4 is 10.6 Å². The summed E-state index contributed by atoms with van der Waals surface area (Å²) in [5.41, 5.74) is 0.479. The van der Waals surface area contributed by atoms with Crippen molar-refractivity contribution < 1.29 is 9.53 Å². The Kier molecular flexibility index (Phi) is 6.03. The lowest BCUT2D eigenvalue weighted by atomic mass is 10.3. The van der Waals surface area contributed by atoms with Gasteiger partial charge >= 0.3 is 5.97 Å². The van der Waals surface area contributed by atoms with Crippen LogP contribution in [0.25, 0.3) is 0 Å². The van der Waals surface area contributed by atoms with Crippen LogP contribution in [-0.2, 0) is 4.74 Å². The zero-order valence-corrected chi connectivity index (χ0v) is 10.3. The van der Waals surface area contributed by atoms with Gasteiger partial charge in [0.05, 0.1) is 12.2 Å². The smallest absolute Gasteiger partial charge is 0.339 e. The summed E-state index contributed by atoms with van der Waals surface area (Å²) in [5, 5.41) is 6.24. The maximum absolute atomic E-state index is 11.4. The van der Waals surface area contributed by atoms with Crippen molar-refractivity contribution in [3.63, 3.8) is 0 Å². The van der Waals surface area contributed by atoms with Crippen molar-refractivity contribution in [2.75, 3.05) is 32.1 Å². The fourth-order valence-electron chi connectivity index (χ4n) is 1.32. The van der Waals surface area contributed by atoms with Crippen LogP contribution in [-0.4, -0.2) is 37.7 Å². The van der Waals surface area contributed by atoms with Crippen LogP contribution in [0.4, 0.5) is 5.82 Å². The van der Waals surface area contributed by atoms with Gasteiger partial charge in [-0.05, 0) is 39.1 Å². The molecule has 0 aliphatic carbocycles. The van der Waals surface area contributed by atoms with Crippen molar-refractivity contribution in [2.45, 2.75) is 13.3 Å². The minimum absolute atomic E-state index is 0.332. The number of ether oxygens (including phenoxy) is 1. The molecule has 5 heteroatoms. The number of nitrogens with zero attached hydrogens (tertiary/aromatic N) is 1. The average molecular weight is 237 g/mol. The first kappa shape index (κ1) is 13.4. The van der Waals surface area contributed by atoms with E-state index in [2.05, 4.69) is 15.6 Å². The third-order valence-corrected chi connectivity index (χ3v) is 2.18. The minimum atomic E-state index is -0.332. The fourth-order valence-corrected chi connectivity index (χ4v) is 1.32. The van der Waals surface area contributed by atoms with Crippen molar-refractivity contribution in [1.29, 1.82) is 0 Å². The van der Waals surface area contributed by atoms with Crippen molar-refractivity contribution in [3.05, 3.63) is 23.9 Å². The van der Waals surface area contributed by atoms with Gasteiger partial charge in [-0.2, -0.15) is 0 Å². The van der Waals surface area contributed by atoms with E-state index in [4.69, 9.17) is 4.74 Å². The summed E-state index contributed by atoms with van der Waals surface area (Å²) >= 11 is 0. The van der Waals surface area contributed by atoms with Gasteiger partial charge in [0.25, 0.3) is 0 Å². The summed E-state index contributed by atoms with van der Waals surface area (Å²) in [5.74, 6) is 0.441. The number of anilines is 1. The molecule has 2 N–H and O–H groups in total. The highest BCUT2D eigenvalue weighted by Crippen LogP contribution is 2.06. The Labute approximate surface area is 102 Å². The number of pyridine rings is 1. The molecule has 0 amide bonds. The van der Waals surface area contributed by atoms with Crippen LogP contribution >= 0.6 is 0 Å². The van der Waals surface area contributed by atoms with E-state index in [1.165, 1.54) is 6.20 Å². The number of rotatable bonds is 7. The molecule has 0 spiro atoms. The van der Waals surface area contributed by atoms with Gasteiger partial charge in [0, 0.05) is 12.7 Å². The first-order valence-electron chi connectivity index (χ1n) is 5.79. The molecule has 17 heavy (non-hydrogen) atoms. The number of carbonyl (C=O) groups excluding carboxylic acids is 1. The number of nitrogens with one attached hydrogen (secondary N) is 2. The van der Waals surface area contributed by atoms with Gasteiger partial charge in [0.1, 0.15) is 5.82 Å². The van der Waals surface area contributed by atoms with Crippen molar-refractivity contribution in [3.8, 4) is 0 Å². The molecule has 5 nitrogen and oxygen atoms in total. The molecule has 94 valence electrons. The number of esters is 1. The zero-order chi connectivity index (χ0) is 12.5. The maximum atomic E-state index is 11.4. The van der Waals surface area contributed by atoms with E-state index in [1.807, 2.05) is 7.05 Å². The summed E-state index contributed by atoms with van der Waals surface area (Å²) in [6.45, 7) is 3.98. The van der Waals surface area contributed by atoms with Crippen LogP contribution in [0.1, 0.15) is 23.7 Å². The molecule has 0 aromatic carbocycles. The molecule has 0 saturated carbocycles. The molecule has 1 aromatic rings. The molecular weight excluding hydrogens is 218 g/mol. The van der Waals surface area contributed by atoms with Gasteiger partial charge in [-0.15, -0.1) is 0 Å². The second kappa shape index (κ2) is 7.62. The molecule has 1 rings (SSSR count). The van der Waals surface area contributed by atoms with E-state index < -0.39 is 0 Å². The quantitative estimate of drug-likeness (QED) is 0.552. The van der Waals surface area contributed by atoms with E-state index in [0.717, 1.165) is 25.3 Å². The molecular formula is C12H19N3O2. The Balaban J connectivity index is 2.42. The van der Waals surface area contributed by atoms with Gasteiger partial charge < -0.3 is 15.4 Å². The molecule has 0 bridgehead atoms. The Morgan fingerprint density at radius 3 is 2.82 bits per heavy atom. The lowest BCUT2D eigenvalue weighted by Crippen LogP contribution is -2.13. The standard InChI is InChI=1S/C12H19N3O2/c1-3-17-12(16)10-5-6-11(15-9-10)14-8-4-7-13-2/h5-6,9,13H,3-4,7-8H2,1-2H3,(H,14,15). The Hall–Kier alpha value is -1.62. The highest BCUT2D eigenvalue weighted by atomic mass is 16.5. The van der Waals surface area contributed by atoms with Gasteiger partial charge in [0.15, 0.2) is 0 Å². The Morgan fingerprint density at radius 1 is 1.41 bits per heavy atom. The largest absolute Gasteiger partial charge is 0.462 e. The number of hydrogen-bond acceptors (Lipinski definition) is 5. The number of carbonyl (C=O) groups is 1. The molecule has 0 unspecified atom stereocenters. The summed E-state index contributed by atoms with van der Waals surface area (Å²) in [6, 6.07) is 3.50. The van der Waals surface area contributed by atoms with Crippen molar-refractivity contribution in [2.24, 2.45) is 0 Å². The summed E-state index contributed by atoms with van der Waals surface area (Å²) < 4.78 is 4.87. The second-order valence-electron chi connectivity index (χ2n) is 3.54. The van der Waals surface area contributed by atoms with Crippen LogP contribution in [0, 0.1) is 0 Å². The predicted octanol–water partition coefficient (Wildman–Crippen LogP) is 1.28. The molecule has 0 fully saturated rings. The molecule has 0 atom stereocenters. The summed E-state index contributed by atoms with van der Waals surface area (Å²) in [7, 11) is 1.92. The summed E-state index contributed by atoms with van der Waals surface area (Å²) in [6.07, 6.45) is 2.55. The Bertz CT molecular complexity index is 338. The molecule has 1 aromatic heterocycles. The first-order valence-corrected chi connectivity index (χ1v) is 5.79. The van der Waals surface area contributed by atoms with Crippen LogP contribution in [0.3, 0.4) is 0 Å². The SMILES string of the molecule is CCOC(=O)c1ccc(NCCCNC)nc1. The topological polar surface area (TPSA) is 63.2 Å². The molecule has 0 aliphatic heterocycles. The van der Waals surface area contributed by atoms with Crippen molar-refractivity contribution in [1.82, 2.24) is 10.3 Å². The van der Waals surface area contributed by atoms with E-state index in [1.54, 1.807) is 19.1 Å². The highest BCUT2D eigenvalue weighted by Gasteiger charge is 2.05. The molecule has 0 aliphatic rings. The van der Waals surface area contributed by atoms with E-state index >= 15 is 0 Å². The minimum Gasteiger partial charge on any atom is -0.462 e. The lowest BCUT2D eigenvalue weighted by molar-refractivity contribution is 0.0526. The van der Waals surface area contributed by atoms with Gasteiger partial charge in [-0.3, -0.25) is 0 Å². The van der Waals surface area contributed by atoms with Gasteiger partial charge in [-0.25, -0.2) is 9.78 Å². The maximum Gasteiger partial charge on any atom is 0.339 e. The third-order valence-electron chi connectivity index (χ3n) is 2.18. The highest BCUT2D eigenvalue weighted by molar-refractivity contribution is 5.89. The number of aromatic nitrogens is 1. The lowest BCUT2D eigenvalue weighted by Gasteiger charge is -2.06.